The Balaban J connectivity index is 2.36. The van der Waals surface area contributed by atoms with Crippen molar-refractivity contribution in [1.82, 2.24) is 9.97 Å². The summed E-state index contributed by atoms with van der Waals surface area (Å²) in [6.45, 7) is 4.08. The van der Waals surface area contributed by atoms with Gasteiger partial charge in [-0.25, -0.2) is 0 Å². The van der Waals surface area contributed by atoms with Crippen LogP contribution in [-0.2, 0) is 6.42 Å². The number of nitrogens with zero attached hydrogens (tertiary/aromatic N) is 2. The van der Waals surface area contributed by atoms with Crippen molar-refractivity contribution in [3.8, 4) is 0 Å². The molecule has 0 aliphatic rings. The Kier molecular flexibility index (Phi) is 3.49. The molecule has 0 saturated heterocycles. The van der Waals surface area contributed by atoms with Crippen molar-refractivity contribution in [3.63, 3.8) is 0 Å². The molecule has 0 aliphatic heterocycles. The Morgan fingerprint density at radius 1 is 1.24 bits per heavy atom. The molecule has 2 rings (SSSR count). The number of aromatic nitrogens is 2. The zero-order valence-corrected chi connectivity index (χ0v) is 10.2. The van der Waals surface area contributed by atoms with Gasteiger partial charge in [-0.15, -0.1) is 0 Å². The topological polar surface area (TPSA) is 51.8 Å². The first kappa shape index (κ1) is 11.7. The molecular formula is C14H17N3. The molecule has 17 heavy (non-hydrogen) atoms. The predicted molar refractivity (Wildman–Crippen MR) is 68.6 cm³/mol. The van der Waals surface area contributed by atoms with Crippen LogP contribution in [0, 0.1) is 6.92 Å². The van der Waals surface area contributed by atoms with Crippen LogP contribution < -0.4 is 5.73 Å². The van der Waals surface area contributed by atoms with Gasteiger partial charge in [-0.1, -0.05) is 19.1 Å². The molecule has 2 aromatic rings. The highest BCUT2D eigenvalue weighted by molar-refractivity contribution is 5.31. The van der Waals surface area contributed by atoms with E-state index in [0.29, 0.717) is 0 Å². The Labute approximate surface area is 102 Å². The van der Waals surface area contributed by atoms with Crippen molar-refractivity contribution in [2.75, 3.05) is 0 Å². The third-order valence-electron chi connectivity index (χ3n) is 2.89. The summed E-state index contributed by atoms with van der Waals surface area (Å²) in [5.74, 6) is 0. The molecule has 1 atom stereocenters. The summed E-state index contributed by atoms with van der Waals surface area (Å²) in [5, 5.41) is 0. The summed E-state index contributed by atoms with van der Waals surface area (Å²) in [7, 11) is 0. The van der Waals surface area contributed by atoms with E-state index in [2.05, 4.69) is 23.0 Å². The molecule has 2 heterocycles. The molecule has 0 amide bonds. The van der Waals surface area contributed by atoms with Crippen LogP contribution in [0.3, 0.4) is 0 Å². The molecular weight excluding hydrogens is 210 g/mol. The molecule has 0 aromatic carbocycles. The first-order chi connectivity index (χ1) is 8.22. The van der Waals surface area contributed by atoms with E-state index in [-0.39, 0.29) is 6.04 Å². The van der Waals surface area contributed by atoms with Crippen molar-refractivity contribution in [3.05, 3.63) is 59.2 Å². The SMILES string of the molecule is CCc1cccnc1C(N)c1ccc(C)nc1. The van der Waals surface area contributed by atoms with Gasteiger partial charge in [0.05, 0.1) is 11.7 Å². The molecule has 0 aliphatic carbocycles. The van der Waals surface area contributed by atoms with E-state index in [1.54, 1.807) is 6.20 Å². The van der Waals surface area contributed by atoms with Crippen molar-refractivity contribution in [1.29, 1.82) is 0 Å². The minimum absolute atomic E-state index is 0.195. The van der Waals surface area contributed by atoms with Crippen molar-refractivity contribution in [2.45, 2.75) is 26.3 Å². The van der Waals surface area contributed by atoms with Crippen LogP contribution in [0.4, 0.5) is 0 Å². The second-order valence-corrected chi connectivity index (χ2v) is 4.11. The summed E-state index contributed by atoms with van der Waals surface area (Å²) in [6, 6.07) is 7.82. The minimum Gasteiger partial charge on any atom is -0.319 e. The number of pyridine rings is 2. The number of rotatable bonds is 3. The van der Waals surface area contributed by atoms with Crippen LogP contribution in [0.2, 0.25) is 0 Å². The number of nitrogens with two attached hydrogens (primary N) is 1. The molecule has 88 valence electrons. The zero-order valence-electron chi connectivity index (χ0n) is 10.2. The lowest BCUT2D eigenvalue weighted by atomic mass is 10.0. The van der Waals surface area contributed by atoms with Crippen molar-refractivity contribution in [2.24, 2.45) is 5.73 Å². The molecule has 3 nitrogen and oxygen atoms in total. The minimum atomic E-state index is -0.195. The van der Waals surface area contributed by atoms with E-state index in [9.17, 15) is 0 Å². The second kappa shape index (κ2) is 5.06. The fraction of sp³-hybridized carbons (Fsp3) is 0.286. The van der Waals surface area contributed by atoms with Crippen LogP contribution in [0.15, 0.2) is 36.7 Å². The van der Waals surface area contributed by atoms with E-state index in [1.807, 2.05) is 31.3 Å². The van der Waals surface area contributed by atoms with Gasteiger partial charge in [-0.2, -0.15) is 0 Å². The van der Waals surface area contributed by atoms with Crippen LogP contribution in [-0.4, -0.2) is 9.97 Å². The van der Waals surface area contributed by atoms with Gasteiger partial charge in [0.2, 0.25) is 0 Å². The van der Waals surface area contributed by atoms with Gasteiger partial charge in [0.1, 0.15) is 0 Å². The van der Waals surface area contributed by atoms with E-state index in [1.165, 1.54) is 5.56 Å². The summed E-state index contributed by atoms with van der Waals surface area (Å²) >= 11 is 0. The maximum absolute atomic E-state index is 6.24. The van der Waals surface area contributed by atoms with Gasteiger partial charge in [-0.05, 0) is 36.6 Å². The molecule has 2 aromatic heterocycles. The highest BCUT2D eigenvalue weighted by atomic mass is 14.8. The smallest absolute Gasteiger partial charge is 0.0744 e. The first-order valence-corrected chi connectivity index (χ1v) is 5.84. The zero-order chi connectivity index (χ0) is 12.3. The highest BCUT2D eigenvalue weighted by Gasteiger charge is 2.13. The summed E-state index contributed by atoms with van der Waals surface area (Å²) in [5.41, 5.74) is 10.4. The van der Waals surface area contributed by atoms with E-state index in [0.717, 1.165) is 23.4 Å². The fourth-order valence-corrected chi connectivity index (χ4v) is 1.85. The van der Waals surface area contributed by atoms with Gasteiger partial charge in [-0.3, -0.25) is 9.97 Å². The van der Waals surface area contributed by atoms with Crippen LogP contribution in [0.1, 0.15) is 35.5 Å². The standard InChI is InChI=1S/C14H17N3/c1-3-11-5-4-8-16-14(11)13(15)12-7-6-10(2)17-9-12/h4-9,13H,3,15H2,1-2H3. The van der Waals surface area contributed by atoms with Gasteiger partial charge in [0.25, 0.3) is 0 Å². The maximum Gasteiger partial charge on any atom is 0.0744 e. The molecule has 0 spiro atoms. The van der Waals surface area contributed by atoms with E-state index in [4.69, 9.17) is 5.73 Å². The second-order valence-electron chi connectivity index (χ2n) is 4.11. The normalized spacial score (nSPS) is 12.4. The average Bonchev–Trinajstić information content (AvgIpc) is 2.39. The van der Waals surface area contributed by atoms with Gasteiger partial charge in [0, 0.05) is 18.1 Å². The van der Waals surface area contributed by atoms with Crippen LogP contribution in [0.25, 0.3) is 0 Å². The Bertz CT molecular complexity index is 491. The quantitative estimate of drug-likeness (QED) is 0.876. The van der Waals surface area contributed by atoms with Crippen molar-refractivity contribution >= 4 is 0 Å². The fourth-order valence-electron chi connectivity index (χ4n) is 1.85. The van der Waals surface area contributed by atoms with Crippen LogP contribution >= 0.6 is 0 Å². The Morgan fingerprint density at radius 3 is 2.71 bits per heavy atom. The average molecular weight is 227 g/mol. The third kappa shape index (κ3) is 2.50. The highest BCUT2D eigenvalue weighted by Crippen LogP contribution is 2.20. The molecule has 0 radical (unpaired) electrons. The molecule has 0 saturated carbocycles. The van der Waals surface area contributed by atoms with Crippen LogP contribution in [0.5, 0.6) is 0 Å². The van der Waals surface area contributed by atoms with Crippen molar-refractivity contribution < 1.29 is 0 Å². The maximum atomic E-state index is 6.24. The third-order valence-corrected chi connectivity index (χ3v) is 2.89. The first-order valence-electron chi connectivity index (χ1n) is 5.84. The largest absolute Gasteiger partial charge is 0.319 e. The molecule has 0 fully saturated rings. The monoisotopic (exact) mass is 227 g/mol. The molecule has 1 unspecified atom stereocenters. The van der Waals surface area contributed by atoms with E-state index < -0.39 is 0 Å². The number of aryl methyl sites for hydroxylation is 2. The summed E-state index contributed by atoms with van der Waals surface area (Å²) in [6.07, 6.45) is 4.56. The molecule has 0 bridgehead atoms. The predicted octanol–water partition coefficient (Wildman–Crippen LogP) is 2.40. The molecule has 3 heteroatoms. The molecule has 2 N–H and O–H groups in total. The van der Waals surface area contributed by atoms with Gasteiger partial charge < -0.3 is 5.73 Å². The summed E-state index contributed by atoms with van der Waals surface area (Å²) in [4.78, 5) is 8.67. The number of hydrogen-bond donors (Lipinski definition) is 1. The van der Waals surface area contributed by atoms with Gasteiger partial charge >= 0.3 is 0 Å². The van der Waals surface area contributed by atoms with E-state index >= 15 is 0 Å². The number of hydrogen-bond acceptors (Lipinski definition) is 3. The summed E-state index contributed by atoms with van der Waals surface area (Å²) < 4.78 is 0. The lowest BCUT2D eigenvalue weighted by Crippen LogP contribution is -2.16. The lowest BCUT2D eigenvalue weighted by molar-refractivity contribution is 0.799. The lowest BCUT2D eigenvalue weighted by Gasteiger charge is -2.14. The Hall–Kier alpha value is -1.74. The Morgan fingerprint density at radius 2 is 2.06 bits per heavy atom. The van der Waals surface area contributed by atoms with Gasteiger partial charge in [0.15, 0.2) is 0 Å².